The molecule has 94 valence electrons. The van der Waals surface area contributed by atoms with E-state index in [1.165, 1.54) is 0 Å². The van der Waals surface area contributed by atoms with Gasteiger partial charge in [-0.2, -0.15) is 0 Å². The predicted molar refractivity (Wildman–Crippen MR) is 66.5 cm³/mol. The van der Waals surface area contributed by atoms with E-state index >= 15 is 0 Å². The maximum Gasteiger partial charge on any atom is 0.178 e. The maximum absolute atomic E-state index is 12.1. The summed E-state index contributed by atoms with van der Waals surface area (Å²) in [6, 6.07) is 1.93. The molecule has 2 heterocycles. The molecule has 1 aromatic rings. The summed E-state index contributed by atoms with van der Waals surface area (Å²) in [5, 5.41) is 0. The third-order valence-electron chi connectivity index (χ3n) is 3.38. The van der Waals surface area contributed by atoms with Gasteiger partial charge in [-0.1, -0.05) is 0 Å². The average Bonchev–Trinajstić information content (AvgIpc) is 2.85. The van der Waals surface area contributed by atoms with Gasteiger partial charge in [0.05, 0.1) is 12.6 Å². The summed E-state index contributed by atoms with van der Waals surface area (Å²) in [6.45, 7) is 6.23. The first-order valence-electron chi connectivity index (χ1n) is 6.04. The highest BCUT2D eigenvalue weighted by molar-refractivity contribution is 5.98. The van der Waals surface area contributed by atoms with E-state index in [4.69, 9.17) is 4.74 Å². The molecule has 0 bridgehead atoms. The number of methoxy groups -OCH3 is 1. The van der Waals surface area contributed by atoms with Gasteiger partial charge in [0.2, 0.25) is 0 Å². The van der Waals surface area contributed by atoms with Gasteiger partial charge in [0.1, 0.15) is 0 Å². The van der Waals surface area contributed by atoms with Crippen LogP contribution in [0.5, 0.6) is 0 Å². The second kappa shape index (κ2) is 5.02. The largest absolute Gasteiger partial charge is 0.380 e. The molecule has 1 fully saturated rings. The van der Waals surface area contributed by atoms with Gasteiger partial charge in [0.25, 0.3) is 0 Å². The molecular weight excluding hydrogens is 216 g/mol. The quantitative estimate of drug-likeness (QED) is 0.806. The number of aromatic nitrogens is 1. The van der Waals surface area contributed by atoms with Crippen LogP contribution >= 0.6 is 0 Å². The third kappa shape index (κ3) is 2.76. The zero-order valence-corrected chi connectivity index (χ0v) is 10.7. The van der Waals surface area contributed by atoms with Crippen LogP contribution < -0.4 is 0 Å². The Hall–Kier alpha value is -1.13. The molecule has 2 rings (SSSR count). The Kier molecular flexibility index (Phi) is 3.64. The normalized spacial score (nSPS) is 21.0. The lowest BCUT2D eigenvalue weighted by atomic mass is 10.1. The molecule has 1 aromatic heterocycles. The van der Waals surface area contributed by atoms with Crippen molar-refractivity contribution in [2.75, 3.05) is 26.7 Å². The van der Waals surface area contributed by atoms with Gasteiger partial charge in [0, 0.05) is 37.2 Å². The zero-order chi connectivity index (χ0) is 12.4. The highest BCUT2D eigenvalue weighted by Crippen LogP contribution is 2.15. The van der Waals surface area contributed by atoms with Gasteiger partial charge >= 0.3 is 0 Å². The standard InChI is InChI=1S/C13H20N2O2/c1-9-6-12(10(2)14-9)13(16)8-15-5-4-11(7-15)17-3/h6,11,14H,4-5,7-8H2,1-3H3. The second-order valence-electron chi connectivity index (χ2n) is 4.80. The number of likely N-dealkylation sites (tertiary alicyclic amines) is 1. The lowest BCUT2D eigenvalue weighted by Gasteiger charge is -2.14. The van der Waals surface area contributed by atoms with Gasteiger partial charge in [-0.25, -0.2) is 0 Å². The molecule has 17 heavy (non-hydrogen) atoms. The molecule has 1 atom stereocenters. The monoisotopic (exact) mass is 236 g/mol. The fourth-order valence-corrected chi connectivity index (χ4v) is 2.43. The van der Waals surface area contributed by atoms with Crippen molar-refractivity contribution in [3.05, 3.63) is 23.0 Å². The molecule has 4 nitrogen and oxygen atoms in total. The number of Topliss-reactive ketones (excluding diaryl/α,β-unsaturated/α-hetero) is 1. The van der Waals surface area contributed by atoms with Gasteiger partial charge in [-0.15, -0.1) is 0 Å². The lowest BCUT2D eigenvalue weighted by Crippen LogP contribution is -2.29. The van der Waals surface area contributed by atoms with Crippen molar-refractivity contribution in [1.82, 2.24) is 9.88 Å². The van der Waals surface area contributed by atoms with E-state index in [1.807, 2.05) is 19.9 Å². The number of ether oxygens (including phenoxy) is 1. The number of carbonyl (C=O) groups is 1. The van der Waals surface area contributed by atoms with Crippen molar-refractivity contribution in [2.45, 2.75) is 26.4 Å². The minimum atomic E-state index is 0.198. The van der Waals surface area contributed by atoms with E-state index in [-0.39, 0.29) is 11.9 Å². The topological polar surface area (TPSA) is 45.3 Å². The summed E-state index contributed by atoms with van der Waals surface area (Å²) >= 11 is 0. The molecule has 0 amide bonds. The molecule has 0 radical (unpaired) electrons. The van der Waals surface area contributed by atoms with Gasteiger partial charge < -0.3 is 9.72 Å². The number of carbonyl (C=O) groups excluding carboxylic acids is 1. The van der Waals surface area contributed by atoms with Crippen molar-refractivity contribution in [1.29, 1.82) is 0 Å². The van der Waals surface area contributed by atoms with Crippen molar-refractivity contribution >= 4 is 5.78 Å². The van der Waals surface area contributed by atoms with E-state index in [2.05, 4.69) is 9.88 Å². The van der Waals surface area contributed by atoms with E-state index in [0.717, 1.165) is 36.5 Å². The average molecular weight is 236 g/mol. The Morgan fingerprint density at radius 1 is 1.59 bits per heavy atom. The Labute approximate surface area is 102 Å². The number of H-pyrrole nitrogens is 1. The highest BCUT2D eigenvalue weighted by Gasteiger charge is 2.24. The van der Waals surface area contributed by atoms with Crippen LogP contribution in [0.25, 0.3) is 0 Å². The molecule has 1 aliphatic heterocycles. The third-order valence-corrected chi connectivity index (χ3v) is 3.38. The summed E-state index contributed by atoms with van der Waals surface area (Å²) in [5.74, 6) is 0.198. The number of nitrogens with zero attached hydrogens (tertiary/aromatic N) is 1. The summed E-state index contributed by atoms with van der Waals surface area (Å²) in [4.78, 5) is 17.5. The first-order valence-corrected chi connectivity index (χ1v) is 6.04. The number of aromatic amines is 1. The van der Waals surface area contributed by atoms with Crippen LogP contribution in [0.4, 0.5) is 0 Å². The lowest BCUT2D eigenvalue weighted by molar-refractivity contribution is 0.0898. The molecule has 4 heteroatoms. The van der Waals surface area contributed by atoms with Crippen molar-refractivity contribution in [3.63, 3.8) is 0 Å². The fraction of sp³-hybridized carbons (Fsp3) is 0.615. The Bertz CT molecular complexity index is 412. The summed E-state index contributed by atoms with van der Waals surface area (Å²) in [6.07, 6.45) is 1.31. The molecule has 0 aliphatic carbocycles. The fourth-order valence-electron chi connectivity index (χ4n) is 2.43. The zero-order valence-electron chi connectivity index (χ0n) is 10.7. The van der Waals surface area contributed by atoms with Crippen LogP contribution in [-0.2, 0) is 4.74 Å². The van der Waals surface area contributed by atoms with E-state index < -0.39 is 0 Å². The highest BCUT2D eigenvalue weighted by atomic mass is 16.5. The van der Waals surface area contributed by atoms with Gasteiger partial charge in [-0.3, -0.25) is 9.69 Å². The first kappa shape index (κ1) is 12.3. The number of nitrogens with one attached hydrogen (secondary N) is 1. The summed E-state index contributed by atoms with van der Waals surface area (Å²) in [7, 11) is 1.73. The molecule has 0 aromatic carbocycles. The number of hydrogen-bond acceptors (Lipinski definition) is 3. The van der Waals surface area contributed by atoms with Crippen LogP contribution in [0.2, 0.25) is 0 Å². The van der Waals surface area contributed by atoms with Crippen molar-refractivity contribution < 1.29 is 9.53 Å². The molecule has 1 N–H and O–H groups in total. The van der Waals surface area contributed by atoms with Gasteiger partial charge in [-0.05, 0) is 26.3 Å². The predicted octanol–water partition coefficient (Wildman–Crippen LogP) is 1.53. The summed E-state index contributed by atoms with van der Waals surface area (Å²) < 4.78 is 5.30. The Morgan fingerprint density at radius 3 is 2.88 bits per heavy atom. The molecule has 1 unspecified atom stereocenters. The molecule has 1 saturated heterocycles. The van der Waals surface area contributed by atoms with Crippen LogP contribution in [-0.4, -0.2) is 48.5 Å². The molecule has 0 saturated carbocycles. The molecule has 1 aliphatic rings. The van der Waals surface area contributed by atoms with Crippen LogP contribution in [0.15, 0.2) is 6.07 Å². The number of aryl methyl sites for hydroxylation is 2. The van der Waals surface area contributed by atoms with Gasteiger partial charge in [0.15, 0.2) is 5.78 Å². The molecular formula is C13H20N2O2. The smallest absolute Gasteiger partial charge is 0.178 e. The maximum atomic E-state index is 12.1. The van der Waals surface area contributed by atoms with Crippen LogP contribution in [0.3, 0.4) is 0 Å². The first-order chi connectivity index (χ1) is 8.10. The number of hydrogen-bond donors (Lipinski definition) is 1. The minimum absolute atomic E-state index is 0.198. The summed E-state index contributed by atoms with van der Waals surface area (Å²) in [5.41, 5.74) is 2.83. The number of rotatable bonds is 4. The van der Waals surface area contributed by atoms with Crippen molar-refractivity contribution in [2.24, 2.45) is 0 Å². The SMILES string of the molecule is COC1CCN(CC(=O)c2cc(C)[nH]c2C)C1. The van der Waals surface area contributed by atoms with E-state index in [9.17, 15) is 4.79 Å². The molecule has 0 spiro atoms. The second-order valence-corrected chi connectivity index (χ2v) is 4.80. The van der Waals surface area contributed by atoms with Crippen LogP contribution in [0, 0.1) is 13.8 Å². The van der Waals surface area contributed by atoms with E-state index in [0.29, 0.717) is 6.54 Å². The Morgan fingerprint density at radius 2 is 2.35 bits per heavy atom. The van der Waals surface area contributed by atoms with Crippen LogP contribution in [0.1, 0.15) is 28.2 Å². The minimum Gasteiger partial charge on any atom is -0.380 e. The number of ketones is 1. The Balaban J connectivity index is 1.96. The van der Waals surface area contributed by atoms with E-state index in [1.54, 1.807) is 7.11 Å². The van der Waals surface area contributed by atoms with Crippen molar-refractivity contribution in [3.8, 4) is 0 Å².